The number of fused-ring (bicyclic) bond motifs is 2. The van der Waals surface area contributed by atoms with Gasteiger partial charge in [0.1, 0.15) is 5.82 Å². The Morgan fingerprint density at radius 1 is 1.21 bits per heavy atom. The molecule has 0 aromatic carbocycles. The van der Waals surface area contributed by atoms with Crippen LogP contribution in [0.3, 0.4) is 0 Å². The number of amides is 1. The molecule has 210 valence electrons. The van der Waals surface area contributed by atoms with E-state index in [0.717, 1.165) is 44.2 Å². The van der Waals surface area contributed by atoms with E-state index >= 15 is 0 Å². The number of carbonyl (C=O) groups is 1. The van der Waals surface area contributed by atoms with Crippen LogP contribution in [0.5, 0.6) is 0 Å². The predicted octanol–water partition coefficient (Wildman–Crippen LogP) is 7.24. The third-order valence-corrected chi connectivity index (χ3v) is 8.51. The van der Waals surface area contributed by atoms with E-state index in [1.54, 1.807) is 22.6 Å². The van der Waals surface area contributed by atoms with Crippen molar-refractivity contribution in [3.05, 3.63) is 33.4 Å². The van der Waals surface area contributed by atoms with E-state index in [-0.39, 0.29) is 39.1 Å². The highest BCUT2D eigenvalue weighted by atomic mass is 127. The second-order valence-corrected chi connectivity index (χ2v) is 12.4. The summed E-state index contributed by atoms with van der Waals surface area (Å²) in [7, 11) is 0. The maximum atomic E-state index is 14.4. The highest BCUT2D eigenvalue weighted by molar-refractivity contribution is 14.1. The monoisotopic (exact) mass is 656 g/mol. The Morgan fingerprint density at radius 3 is 2.53 bits per heavy atom. The van der Waals surface area contributed by atoms with E-state index < -0.39 is 29.4 Å². The minimum absolute atomic E-state index is 0.0133. The van der Waals surface area contributed by atoms with Crippen LogP contribution in [-0.4, -0.2) is 39.5 Å². The molecule has 0 aliphatic heterocycles. The Hall–Kier alpha value is -2.06. The molecule has 13 heteroatoms. The van der Waals surface area contributed by atoms with Gasteiger partial charge in [-0.15, -0.1) is 0 Å². The summed E-state index contributed by atoms with van der Waals surface area (Å²) in [6.07, 6.45) is -0.616. The van der Waals surface area contributed by atoms with Crippen molar-refractivity contribution < 1.29 is 36.0 Å². The van der Waals surface area contributed by atoms with E-state index in [1.807, 2.05) is 0 Å². The zero-order valence-corrected chi connectivity index (χ0v) is 23.7. The van der Waals surface area contributed by atoms with Crippen LogP contribution in [0.2, 0.25) is 0 Å². The van der Waals surface area contributed by atoms with Crippen LogP contribution in [0.15, 0.2) is 16.8 Å². The highest BCUT2D eigenvalue weighted by Crippen LogP contribution is 2.52. The molecule has 2 aromatic heterocycles. The van der Waals surface area contributed by atoms with Gasteiger partial charge in [-0.05, 0) is 93.9 Å². The van der Waals surface area contributed by atoms with E-state index in [9.17, 15) is 26.7 Å². The zero-order valence-electron chi connectivity index (χ0n) is 21.5. The van der Waals surface area contributed by atoms with Gasteiger partial charge in [-0.3, -0.25) is 4.90 Å². The second kappa shape index (κ2) is 10.2. The van der Waals surface area contributed by atoms with Gasteiger partial charge in [0.15, 0.2) is 17.3 Å². The van der Waals surface area contributed by atoms with Gasteiger partial charge in [-0.1, -0.05) is 18.0 Å². The topological polar surface area (TPSA) is 81.4 Å². The quantitative estimate of drug-likeness (QED) is 0.241. The highest BCUT2D eigenvalue weighted by Gasteiger charge is 2.52. The van der Waals surface area contributed by atoms with E-state index in [4.69, 9.17) is 9.26 Å². The Labute approximate surface area is 231 Å². The Balaban J connectivity index is 1.58. The van der Waals surface area contributed by atoms with Crippen LogP contribution >= 0.6 is 22.6 Å². The van der Waals surface area contributed by atoms with Gasteiger partial charge in [0.2, 0.25) is 5.60 Å². The molecule has 0 N–H and O–H groups in total. The maximum absolute atomic E-state index is 14.4. The molecule has 38 heavy (non-hydrogen) atoms. The fourth-order valence-corrected chi connectivity index (χ4v) is 5.77. The van der Waals surface area contributed by atoms with Gasteiger partial charge < -0.3 is 9.26 Å². The Morgan fingerprint density at radius 2 is 1.92 bits per heavy atom. The molecule has 7 nitrogen and oxygen atoms in total. The number of alkyl halides is 4. The van der Waals surface area contributed by atoms with Crippen LogP contribution in [0.1, 0.15) is 77.9 Å². The molecule has 0 spiro atoms. The summed E-state index contributed by atoms with van der Waals surface area (Å²) < 4.78 is 79.0. The molecule has 2 bridgehead atoms. The fourth-order valence-electron chi connectivity index (χ4n) is 5.35. The summed E-state index contributed by atoms with van der Waals surface area (Å²) in [6, 6.07) is 1.31. The van der Waals surface area contributed by atoms with Gasteiger partial charge in [0.05, 0.1) is 9.77 Å². The number of anilines is 1. The number of nitrogens with zero attached hydrogens (tertiary/aromatic N) is 4. The molecule has 3 atom stereocenters. The third-order valence-electron chi connectivity index (χ3n) is 7.69. The zero-order chi connectivity index (χ0) is 28.1. The molecular weight excluding hydrogens is 626 g/mol. The van der Waals surface area contributed by atoms with Crippen molar-refractivity contribution in [3.8, 4) is 0 Å². The van der Waals surface area contributed by atoms with Gasteiger partial charge in [-0.25, -0.2) is 18.6 Å². The summed E-state index contributed by atoms with van der Waals surface area (Å²) in [6.45, 7) is 4.30. The first-order valence-electron chi connectivity index (χ1n) is 12.4. The lowest BCUT2D eigenvalue weighted by Gasteiger charge is -2.48. The Kier molecular flexibility index (Phi) is 7.74. The average Bonchev–Trinajstić information content (AvgIpc) is 3.32. The molecule has 0 radical (unpaired) electrons. The first-order chi connectivity index (χ1) is 17.5. The minimum atomic E-state index is -4.79. The number of ether oxygens (including phenoxy) is 1. The van der Waals surface area contributed by atoms with Crippen molar-refractivity contribution in [1.82, 2.24) is 15.1 Å². The van der Waals surface area contributed by atoms with Crippen molar-refractivity contribution in [2.24, 2.45) is 11.8 Å². The summed E-state index contributed by atoms with van der Waals surface area (Å²) in [5, 5.41) is 4.10. The molecule has 0 saturated heterocycles. The number of halogens is 6. The number of aromatic nitrogens is 3. The molecule has 2 saturated carbocycles. The third kappa shape index (κ3) is 5.76. The summed E-state index contributed by atoms with van der Waals surface area (Å²) >= 11 is 1.73. The van der Waals surface area contributed by atoms with Crippen molar-refractivity contribution in [1.29, 1.82) is 0 Å². The van der Waals surface area contributed by atoms with Gasteiger partial charge >= 0.3 is 12.3 Å². The second-order valence-electron chi connectivity index (χ2n) is 11.3. The lowest BCUT2D eigenvalue weighted by molar-refractivity contribution is -0.243. The molecule has 2 heterocycles. The molecule has 2 fully saturated rings. The van der Waals surface area contributed by atoms with Crippen LogP contribution in [0, 0.1) is 21.2 Å². The molecular formula is C25H30F5IN4O3. The molecule has 1 amide bonds. The molecule has 2 aliphatic rings. The molecule has 2 aromatic rings. The van der Waals surface area contributed by atoms with Gasteiger partial charge in [0, 0.05) is 12.0 Å². The van der Waals surface area contributed by atoms with E-state index in [1.165, 1.54) is 19.9 Å². The standard InChI is InChI=1S/C25H30F5IN4O3/c1-22(2,27)20-33-19(34-38-20)24-8-5-6-14(11-24)15(7-9-24)13-35(18-10-17(31)16(26)12-32-18)21(36)37-23(3,4)25(28,29)30/h10,12,14-15H,5-9,11,13H2,1-4H3. The first-order valence-corrected chi connectivity index (χ1v) is 13.5. The molecule has 2 aliphatic carbocycles. The van der Waals surface area contributed by atoms with Crippen molar-refractivity contribution in [2.45, 2.75) is 89.1 Å². The fraction of sp³-hybridized carbons (Fsp3) is 0.680. The predicted molar refractivity (Wildman–Crippen MR) is 136 cm³/mol. The Bertz CT molecular complexity index is 1180. The van der Waals surface area contributed by atoms with E-state index in [0.29, 0.717) is 25.1 Å². The lowest BCUT2D eigenvalue weighted by Crippen LogP contribution is -2.50. The van der Waals surface area contributed by atoms with Crippen LogP contribution in [0.4, 0.5) is 32.6 Å². The van der Waals surface area contributed by atoms with Crippen LogP contribution in [-0.2, 0) is 15.8 Å². The van der Waals surface area contributed by atoms with E-state index in [2.05, 4.69) is 15.1 Å². The van der Waals surface area contributed by atoms with Crippen LogP contribution < -0.4 is 4.90 Å². The van der Waals surface area contributed by atoms with Crippen LogP contribution in [0.25, 0.3) is 0 Å². The van der Waals surface area contributed by atoms with Gasteiger partial charge in [0.25, 0.3) is 5.89 Å². The number of rotatable bonds is 6. The number of hydrogen-bond donors (Lipinski definition) is 0. The summed E-state index contributed by atoms with van der Waals surface area (Å²) in [5.74, 6) is -0.186. The number of hydrogen-bond acceptors (Lipinski definition) is 6. The summed E-state index contributed by atoms with van der Waals surface area (Å²) in [4.78, 5) is 22.5. The molecule has 3 unspecified atom stereocenters. The largest absolute Gasteiger partial charge is 0.433 e. The van der Waals surface area contributed by atoms with Crippen molar-refractivity contribution >= 4 is 34.5 Å². The van der Waals surface area contributed by atoms with Crippen molar-refractivity contribution in [3.63, 3.8) is 0 Å². The minimum Gasteiger partial charge on any atom is -0.433 e. The normalized spacial score (nSPS) is 24.3. The average molecular weight is 656 g/mol. The number of carbonyl (C=O) groups excluding carboxylic acids is 1. The first kappa shape index (κ1) is 28.9. The molecule has 4 rings (SSSR count). The van der Waals surface area contributed by atoms with Gasteiger partial charge in [-0.2, -0.15) is 18.2 Å². The summed E-state index contributed by atoms with van der Waals surface area (Å²) in [5.41, 5.74) is -4.89. The maximum Gasteiger partial charge on any atom is 0.427 e. The van der Waals surface area contributed by atoms with Crippen molar-refractivity contribution in [2.75, 3.05) is 11.4 Å². The smallest absolute Gasteiger partial charge is 0.427 e. The SMILES string of the molecule is CC(C)(F)c1nc(C23CCCC(C2)C(CN(C(=O)OC(C)(C)C(F)(F)F)c2cc(I)c(F)cn2)CC3)no1. The number of pyridine rings is 1. The lowest BCUT2D eigenvalue weighted by atomic mass is 9.58.